The van der Waals surface area contributed by atoms with Crippen LogP contribution in [0.15, 0.2) is 0 Å². The summed E-state index contributed by atoms with van der Waals surface area (Å²) >= 11 is 0. The fraction of sp³-hybridized carbons (Fsp3) is 0.857. The third-order valence-corrected chi connectivity index (χ3v) is 1.66. The van der Waals surface area contributed by atoms with Gasteiger partial charge in [0.1, 0.15) is 0 Å². The Kier molecular flexibility index (Phi) is 2.70. The second-order valence-corrected chi connectivity index (χ2v) is 3.03. The van der Waals surface area contributed by atoms with E-state index in [2.05, 4.69) is 10.6 Å². The molecule has 64 valence electrons. The van der Waals surface area contributed by atoms with E-state index in [9.17, 15) is 4.79 Å². The second kappa shape index (κ2) is 3.57. The molecular weight excluding hydrogens is 144 g/mol. The monoisotopic (exact) mass is 158 g/mol. The number of hydrogen-bond acceptors (Lipinski definition) is 2. The van der Waals surface area contributed by atoms with Crippen molar-refractivity contribution in [1.29, 1.82) is 0 Å². The van der Waals surface area contributed by atoms with Crippen molar-refractivity contribution in [2.75, 3.05) is 6.54 Å². The first kappa shape index (κ1) is 8.33. The average molecular weight is 158 g/mol. The van der Waals surface area contributed by atoms with Crippen LogP contribution in [0.5, 0.6) is 0 Å². The van der Waals surface area contributed by atoms with Crippen LogP contribution in [-0.2, 0) is 0 Å². The van der Waals surface area contributed by atoms with Crippen molar-refractivity contribution >= 4 is 6.09 Å². The van der Waals surface area contributed by atoms with Gasteiger partial charge in [-0.15, -0.1) is 0 Å². The van der Waals surface area contributed by atoms with Gasteiger partial charge >= 0.3 is 6.09 Å². The van der Waals surface area contributed by atoms with E-state index in [0.29, 0.717) is 6.04 Å². The van der Waals surface area contributed by atoms with Crippen LogP contribution in [-0.4, -0.2) is 29.8 Å². The van der Waals surface area contributed by atoms with Crippen molar-refractivity contribution in [1.82, 2.24) is 10.6 Å². The zero-order chi connectivity index (χ0) is 8.27. The van der Waals surface area contributed by atoms with Gasteiger partial charge in [-0.1, -0.05) is 0 Å². The fourth-order valence-electron chi connectivity index (χ4n) is 0.893. The quantitative estimate of drug-likeness (QED) is 0.554. The summed E-state index contributed by atoms with van der Waals surface area (Å²) in [6.45, 7) is 2.58. The maximum atomic E-state index is 10.1. The molecule has 0 spiro atoms. The number of nitrogens with one attached hydrogen (secondary N) is 2. The minimum absolute atomic E-state index is 0.00750. The molecule has 1 saturated carbocycles. The Hall–Kier alpha value is -0.770. The summed E-state index contributed by atoms with van der Waals surface area (Å²) in [6, 6.07) is 0.654. The van der Waals surface area contributed by atoms with E-state index in [-0.39, 0.29) is 6.04 Å². The molecule has 1 amide bonds. The number of amides is 1. The molecule has 1 fully saturated rings. The Morgan fingerprint density at radius 3 is 2.82 bits per heavy atom. The maximum Gasteiger partial charge on any atom is 0.404 e. The van der Waals surface area contributed by atoms with Gasteiger partial charge in [-0.3, -0.25) is 0 Å². The van der Waals surface area contributed by atoms with Crippen LogP contribution in [0.25, 0.3) is 0 Å². The normalized spacial score (nSPS) is 19.4. The first-order valence-electron chi connectivity index (χ1n) is 3.91. The van der Waals surface area contributed by atoms with Gasteiger partial charge in [-0.2, -0.15) is 0 Å². The first-order chi connectivity index (χ1) is 5.18. The second-order valence-electron chi connectivity index (χ2n) is 3.03. The summed E-state index contributed by atoms with van der Waals surface area (Å²) in [5, 5.41) is 13.9. The summed E-state index contributed by atoms with van der Waals surface area (Å²) in [4.78, 5) is 10.1. The van der Waals surface area contributed by atoms with Gasteiger partial charge in [0.2, 0.25) is 0 Å². The Balaban J connectivity index is 1.99. The third-order valence-electron chi connectivity index (χ3n) is 1.66. The highest BCUT2D eigenvalue weighted by atomic mass is 16.4. The van der Waals surface area contributed by atoms with Crippen LogP contribution < -0.4 is 10.6 Å². The molecule has 0 radical (unpaired) electrons. The molecule has 0 aromatic carbocycles. The molecule has 0 aromatic heterocycles. The molecular formula is C7H14N2O2. The van der Waals surface area contributed by atoms with Gasteiger partial charge in [-0.05, 0) is 19.8 Å². The summed E-state index contributed by atoms with van der Waals surface area (Å²) in [6.07, 6.45) is 1.52. The standard InChI is InChI=1S/C7H14N2O2/c1-5(9-7(10)11)4-8-6-2-3-6/h5-6,8-9H,2-4H2,1H3,(H,10,11). The van der Waals surface area contributed by atoms with Crippen molar-refractivity contribution in [3.05, 3.63) is 0 Å². The number of rotatable bonds is 4. The topological polar surface area (TPSA) is 61.4 Å². The molecule has 0 aliphatic heterocycles. The zero-order valence-electron chi connectivity index (χ0n) is 6.63. The Labute approximate surface area is 66.0 Å². The summed E-state index contributed by atoms with van der Waals surface area (Å²) in [5.41, 5.74) is 0. The van der Waals surface area contributed by atoms with Gasteiger partial charge in [-0.25, -0.2) is 4.79 Å². The lowest BCUT2D eigenvalue weighted by atomic mass is 10.3. The van der Waals surface area contributed by atoms with Crippen LogP contribution in [0.3, 0.4) is 0 Å². The highest BCUT2D eigenvalue weighted by molar-refractivity contribution is 5.64. The number of carbonyl (C=O) groups is 1. The molecule has 1 rings (SSSR count). The SMILES string of the molecule is CC(CNC1CC1)NC(=O)O. The molecule has 4 nitrogen and oxygen atoms in total. The van der Waals surface area contributed by atoms with Crippen LogP contribution in [0.4, 0.5) is 4.79 Å². The molecule has 0 saturated heterocycles. The lowest BCUT2D eigenvalue weighted by Crippen LogP contribution is -2.39. The molecule has 0 heterocycles. The fourth-order valence-corrected chi connectivity index (χ4v) is 0.893. The highest BCUT2D eigenvalue weighted by Crippen LogP contribution is 2.18. The van der Waals surface area contributed by atoms with Crippen LogP contribution >= 0.6 is 0 Å². The lowest BCUT2D eigenvalue weighted by Gasteiger charge is -2.11. The Morgan fingerprint density at radius 2 is 2.36 bits per heavy atom. The molecule has 11 heavy (non-hydrogen) atoms. The van der Waals surface area contributed by atoms with Gasteiger partial charge in [0.25, 0.3) is 0 Å². The predicted molar refractivity (Wildman–Crippen MR) is 41.6 cm³/mol. The molecule has 1 unspecified atom stereocenters. The van der Waals surface area contributed by atoms with Gasteiger partial charge in [0.15, 0.2) is 0 Å². The van der Waals surface area contributed by atoms with E-state index in [1.54, 1.807) is 0 Å². The maximum absolute atomic E-state index is 10.1. The third kappa shape index (κ3) is 3.83. The van der Waals surface area contributed by atoms with Crippen molar-refractivity contribution in [2.24, 2.45) is 0 Å². The summed E-state index contributed by atoms with van der Waals surface area (Å²) in [5.74, 6) is 0. The van der Waals surface area contributed by atoms with Crippen molar-refractivity contribution < 1.29 is 9.90 Å². The van der Waals surface area contributed by atoms with Gasteiger partial charge in [0.05, 0.1) is 0 Å². The molecule has 0 aromatic rings. The number of hydrogen-bond donors (Lipinski definition) is 3. The van der Waals surface area contributed by atoms with Crippen molar-refractivity contribution in [2.45, 2.75) is 31.8 Å². The molecule has 1 aliphatic carbocycles. The zero-order valence-corrected chi connectivity index (χ0v) is 6.63. The molecule has 1 atom stereocenters. The summed E-state index contributed by atoms with van der Waals surface area (Å²) in [7, 11) is 0. The highest BCUT2D eigenvalue weighted by Gasteiger charge is 2.20. The van der Waals surface area contributed by atoms with E-state index in [4.69, 9.17) is 5.11 Å². The minimum atomic E-state index is -0.949. The van der Waals surface area contributed by atoms with E-state index < -0.39 is 6.09 Å². The van der Waals surface area contributed by atoms with Gasteiger partial charge in [0, 0.05) is 18.6 Å². The van der Waals surface area contributed by atoms with E-state index in [0.717, 1.165) is 6.54 Å². The first-order valence-corrected chi connectivity index (χ1v) is 3.91. The van der Waals surface area contributed by atoms with Crippen molar-refractivity contribution in [3.63, 3.8) is 0 Å². The lowest BCUT2D eigenvalue weighted by molar-refractivity contribution is 0.190. The Morgan fingerprint density at radius 1 is 1.73 bits per heavy atom. The molecule has 0 bridgehead atoms. The Bertz CT molecular complexity index is 145. The van der Waals surface area contributed by atoms with Crippen LogP contribution in [0, 0.1) is 0 Å². The smallest absolute Gasteiger partial charge is 0.404 e. The summed E-state index contributed by atoms with van der Waals surface area (Å²) < 4.78 is 0. The molecule has 3 N–H and O–H groups in total. The number of carboxylic acid groups (broad SMARTS) is 1. The van der Waals surface area contributed by atoms with Gasteiger partial charge < -0.3 is 15.7 Å². The molecule has 1 aliphatic rings. The van der Waals surface area contributed by atoms with Crippen LogP contribution in [0.2, 0.25) is 0 Å². The average Bonchev–Trinajstić information content (AvgIpc) is 2.63. The largest absolute Gasteiger partial charge is 0.465 e. The van der Waals surface area contributed by atoms with E-state index in [1.807, 2.05) is 6.92 Å². The minimum Gasteiger partial charge on any atom is -0.465 e. The molecule has 4 heteroatoms. The van der Waals surface area contributed by atoms with Crippen molar-refractivity contribution in [3.8, 4) is 0 Å². The van der Waals surface area contributed by atoms with Crippen LogP contribution in [0.1, 0.15) is 19.8 Å². The van der Waals surface area contributed by atoms with E-state index >= 15 is 0 Å². The predicted octanol–water partition coefficient (Wildman–Crippen LogP) is 0.395. The van der Waals surface area contributed by atoms with E-state index in [1.165, 1.54) is 12.8 Å².